The Balaban J connectivity index is 1.93. The van der Waals surface area contributed by atoms with Gasteiger partial charge in [0.2, 0.25) is 0 Å². The monoisotopic (exact) mass is 290 g/mol. The molecule has 0 aromatic heterocycles. The lowest BCUT2D eigenvalue weighted by Gasteiger charge is -2.27. The molecule has 1 N–H and O–H groups in total. The fourth-order valence-electron chi connectivity index (χ4n) is 3.36. The predicted molar refractivity (Wildman–Crippen MR) is 79.2 cm³/mol. The van der Waals surface area contributed by atoms with Crippen LogP contribution in [-0.4, -0.2) is 24.8 Å². The Kier molecular flexibility index (Phi) is 3.23. The lowest BCUT2D eigenvalue weighted by molar-refractivity contribution is -0.112. The smallest absolute Gasteiger partial charge is 0.296 e. The summed E-state index contributed by atoms with van der Waals surface area (Å²) in [4.78, 5) is 25.0. The molecular weight excluding hydrogens is 271 g/mol. The van der Waals surface area contributed by atoms with Gasteiger partial charge < -0.3 is 10.2 Å². The second kappa shape index (κ2) is 4.83. The maximum atomic E-state index is 14.3. The number of benzene rings is 1. The highest BCUT2D eigenvalue weighted by atomic mass is 19.1. The Morgan fingerprint density at radius 2 is 2.00 bits per heavy atom. The van der Waals surface area contributed by atoms with Gasteiger partial charge in [-0.2, -0.15) is 0 Å². The summed E-state index contributed by atoms with van der Waals surface area (Å²) in [6.07, 6.45) is 3.19. The minimum atomic E-state index is -0.681. The lowest BCUT2D eigenvalue weighted by atomic mass is 9.82. The number of halogens is 1. The summed E-state index contributed by atoms with van der Waals surface area (Å²) in [6, 6.07) is 2.78. The van der Waals surface area contributed by atoms with Crippen LogP contribution in [0.3, 0.4) is 0 Å². The minimum absolute atomic E-state index is 0.137. The summed E-state index contributed by atoms with van der Waals surface area (Å²) in [7, 11) is 0. The number of carbonyl (C=O) groups is 2. The molecule has 1 fully saturated rings. The molecular formula is C16H19FN2O2. The molecule has 0 atom stereocenters. The lowest BCUT2D eigenvalue weighted by Crippen LogP contribution is -2.26. The summed E-state index contributed by atoms with van der Waals surface area (Å²) in [6.45, 7) is 5.97. The van der Waals surface area contributed by atoms with Gasteiger partial charge in [-0.05, 0) is 36.8 Å². The SMILES string of the molecule is CCC1(CC)CCN(c2cc3c(cc2F)C(=O)C(=O)N3)C1. The van der Waals surface area contributed by atoms with Gasteiger partial charge in [-0.15, -0.1) is 0 Å². The van der Waals surface area contributed by atoms with Crippen LogP contribution in [0, 0.1) is 11.2 Å². The number of anilines is 2. The molecule has 3 rings (SSSR count). The summed E-state index contributed by atoms with van der Waals surface area (Å²) in [5.74, 6) is -1.77. The molecule has 2 heterocycles. The number of ketones is 1. The van der Waals surface area contributed by atoms with Gasteiger partial charge in [0, 0.05) is 13.1 Å². The van der Waals surface area contributed by atoms with Gasteiger partial charge in [-0.25, -0.2) is 4.39 Å². The second-order valence-corrected chi connectivity index (χ2v) is 6.01. The molecule has 1 saturated heterocycles. The van der Waals surface area contributed by atoms with Crippen LogP contribution in [0.15, 0.2) is 12.1 Å². The largest absolute Gasteiger partial charge is 0.369 e. The van der Waals surface area contributed by atoms with Gasteiger partial charge in [-0.3, -0.25) is 9.59 Å². The second-order valence-electron chi connectivity index (χ2n) is 6.01. The van der Waals surface area contributed by atoms with E-state index in [4.69, 9.17) is 0 Å². The topological polar surface area (TPSA) is 49.4 Å². The molecule has 1 aromatic rings. The van der Waals surface area contributed by atoms with E-state index < -0.39 is 17.5 Å². The molecule has 0 bridgehead atoms. The number of Topliss-reactive ketones (excluding diaryl/α,β-unsaturated/α-hetero) is 1. The van der Waals surface area contributed by atoms with Crippen LogP contribution in [-0.2, 0) is 4.79 Å². The standard InChI is InChI=1S/C16H19FN2O2/c1-3-16(4-2)5-6-19(9-16)13-8-12-10(7-11(13)17)14(20)15(21)18-12/h7-8H,3-6,9H2,1-2H3,(H,18,20,21). The fourth-order valence-corrected chi connectivity index (χ4v) is 3.36. The van der Waals surface area contributed by atoms with Crippen molar-refractivity contribution in [2.24, 2.45) is 5.41 Å². The zero-order valence-corrected chi connectivity index (χ0v) is 12.3. The highest BCUT2D eigenvalue weighted by molar-refractivity contribution is 6.51. The van der Waals surface area contributed by atoms with Crippen molar-refractivity contribution in [3.05, 3.63) is 23.5 Å². The van der Waals surface area contributed by atoms with Gasteiger partial charge in [-0.1, -0.05) is 13.8 Å². The van der Waals surface area contributed by atoms with Gasteiger partial charge in [0.15, 0.2) is 0 Å². The molecule has 0 radical (unpaired) electrons. The first-order chi connectivity index (χ1) is 9.99. The molecule has 2 aliphatic heterocycles. The van der Waals surface area contributed by atoms with E-state index in [1.807, 2.05) is 4.90 Å². The molecule has 1 aromatic carbocycles. The van der Waals surface area contributed by atoms with E-state index in [1.165, 1.54) is 6.07 Å². The first kappa shape index (κ1) is 14.0. The molecule has 0 aliphatic carbocycles. The van der Waals surface area contributed by atoms with E-state index in [9.17, 15) is 14.0 Å². The van der Waals surface area contributed by atoms with E-state index in [1.54, 1.807) is 6.07 Å². The maximum Gasteiger partial charge on any atom is 0.296 e. The van der Waals surface area contributed by atoms with E-state index in [0.717, 1.165) is 32.4 Å². The fraction of sp³-hybridized carbons (Fsp3) is 0.500. The average molecular weight is 290 g/mol. The van der Waals surface area contributed by atoms with Crippen molar-refractivity contribution < 1.29 is 14.0 Å². The third kappa shape index (κ3) is 2.11. The highest BCUT2D eigenvalue weighted by Gasteiger charge is 2.37. The van der Waals surface area contributed by atoms with Crippen molar-refractivity contribution in [1.29, 1.82) is 0 Å². The Morgan fingerprint density at radius 3 is 2.62 bits per heavy atom. The summed E-state index contributed by atoms with van der Waals surface area (Å²) in [5, 5.41) is 2.51. The van der Waals surface area contributed by atoms with Gasteiger partial charge in [0.05, 0.1) is 16.9 Å². The molecule has 1 amide bonds. The number of hydrogen-bond donors (Lipinski definition) is 1. The average Bonchev–Trinajstić information content (AvgIpc) is 3.03. The van der Waals surface area contributed by atoms with Crippen LogP contribution in [0.4, 0.5) is 15.8 Å². The molecule has 112 valence electrons. The zero-order valence-electron chi connectivity index (χ0n) is 12.3. The van der Waals surface area contributed by atoms with Gasteiger partial charge in [0.1, 0.15) is 5.82 Å². The van der Waals surface area contributed by atoms with Crippen molar-refractivity contribution in [2.45, 2.75) is 33.1 Å². The summed E-state index contributed by atoms with van der Waals surface area (Å²) in [5.41, 5.74) is 1.28. The quantitative estimate of drug-likeness (QED) is 0.871. The third-order valence-electron chi connectivity index (χ3n) is 5.07. The molecule has 21 heavy (non-hydrogen) atoms. The van der Waals surface area contributed by atoms with E-state index >= 15 is 0 Å². The van der Waals surface area contributed by atoms with Crippen LogP contribution < -0.4 is 10.2 Å². The first-order valence-electron chi connectivity index (χ1n) is 7.44. The van der Waals surface area contributed by atoms with E-state index in [-0.39, 0.29) is 11.0 Å². The predicted octanol–water partition coefficient (Wildman–Crippen LogP) is 2.98. The molecule has 2 aliphatic rings. The number of rotatable bonds is 3. The Hall–Kier alpha value is -1.91. The number of fused-ring (bicyclic) bond motifs is 1. The van der Waals surface area contributed by atoms with E-state index in [0.29, 0.717) is 11.4 Å². The molecule has 0 spiro atoms. The van der Waals surface area contributed by atoms with Crippen molar-refractivity contribution in [1.82, 2.24) is 0 Å². The third-order valence-corrected chi connectivity index (χ3v) is 5.07. The Labute approximate surface area is 123 Å². The van der Waals surface area contributed by atoms with Crippen LogP contribution in [0.1, 0.15) is 43.5 Å². The van der Waals surface area contributed by atoms with Crippen molar-refractivity contribution in [2.75, 3.05) is 23.3 Å². The van der Waals surface area contributed by atoms with Crippen LogP contribution >= 0.6 is 0 Å². The number of hydrogen-bond acceptors (Lipinski definition) is 3. The summed E-state index contributed by atoms with van der Waals surface area (Å²) < 4.78 is 14.3. The van der Waals surface area contributed by atoms with E-state index in [2.05, 4.69) is 19.2 Å². The summed E-state index contributed by atoms with van der Waals surface area (Å²) >= 11 is 0. The maximum absolute atomic E-state index is 14.3. The van der Waals surface area contributed by atoms with Crippen LogP contribution in [0.2, 0.25) is 0 Å². The van der Waals surface area contributed by atoms with Crippen molar-refractivity contribution in [3.8, 4) is 0 Å². The Morgan fingerprint density at radius 1 is 1.29 bits per heavy atom. The molecule has 0 saturated carbocycles. The minimum Gasteiger partial charge on any atom is -0.369 e. The zero-order chi connectivity index (χ0) is 15.2. The normalized spacial score (nSPS) is 19.9. The van der Waals surface area contributed by atoms with Crippen LogP contribution in [0.5, 0.6) is 0 Å². The van der Waals surface area contributed by atoms with Crippen molar-refractivity contribution in [3.63, 3.8) is 0 Å². The first-order valence-corrected chi connectivity index (χ1v) is 7.44. The molecule has 0 unspecified atom stereocenters. The number of carbonyl (C=O) groups excluding carboxylic acids is 2. The number of nitrogens with one attached hydrogen (secondary N) is 1. The number of amides is 1. The molecule has 5 heteroatoms. The molecule has 4 nitrogen and oxygen atoms in total. The van der Waals surface area contributed by atoms with Crippen LogP contribution in [0.25, 0.3) is 0 Å². The van der Waals surface area contributed by atoms with Gasteiger partial charge >= 0.3 is 0 Å². The highest BCUT2D eigenvalue weighted by Crippen LogP contribution is 2.41. The Bertz CT molecular complexity index is 623. The van der Waals surface area contributed by atoms with Gasteiger partial charge in [0.25, 0.3) is 11.7 Å². The number of nitrogens with zero attached hydrogens (tertiary/aromatic N) is 1. The van der Waals surface area contributed by atoms with Crippen molar-refractivity contribution >= 4 is 23.1 Å².